The number of benzene rings is 8. The summed E-state index contributed by atoms with van der Waals surface area (Å²) >= 11 is 6.82. The van der Waals surface area contributed by atoms with E-state index in [0.29, 0.717) is 11.8 Å². The Bertz CT molecular complexity index is 2900. The molecule has 10 aromatic rings. The molecule has 0 spiro atoms. The average Bonchev–Trinajstić information content (AvgIpc) is 3.62. The molecule has 0 bridgehead atoms. The monoisotopic (exact) mass is 766 g/mol. The summed E-state index contributed by atoms with van der Waals surface area (Å²) in [7, 11) is -3.05. The molecule has 0 saturated heterocycles. The number of rotatable bonds is 8. The second-order valence-electron chi connectivity index (χ2n) is 14.2. The molecule has 4 nitrogen and oxygen atoms in total. The van der Waals surface area contributed by atoms with Crippen molar-refractivity contribution in [2.24, 2.45) is 0 Å². The van der Waals surface area contributed by atoms with Crippen LogP contribution in [0, 0.1) is 0 Å². The van der Waals surface area contributed by atoms with Crippen molar-refractivity contribution in [1.29, 1.82) is 0 Å². The first-order valence-electron chi connectivity index (χ1n) is 19.1. The van der Waals surface area contributed by atoms with Crippen LogP contribution >= 0.6 is 11.6 Å². The van der Waals surface area contributed by atoms with Gasteiger partial charge < -0.3 is 0 Å². The first kappa shape index (κ1) is 34.6. The van der Waals surface area contributed by atoms with E-state index in [1.807, 2.05) is 12.1 Å². The third kappa shape index (κ3) is 6.14. The molecule has 0 radical (unpaired) electrons. The maximum atomic E-state index is 6.82. The fourth-order valence-corrected chi connectivity index (χ4v) is 13.4. The van der Waals surface area contributed by atoms with E-state index in [-0.39, 0.29) is 5.28 Å². The molecule has 0 unspecified atom stereocenters. The van der Waals surface area contributed by atoms with Gasteiger partial charge in [0.25, 0.3) is 0 Å². The molecular formula is C51H35ClN4Si. The van der Waals surface area contributed by atoms with Gasteiger partial charge in [-0.3, -0.25) is 4.57 Å². The summed E-state index contributed by atoms with van der Waals surface area (Å²) < 4.78 is 2.08. The van der Waals surface area contributed by atoms with Crippen LogP contribution in [0.1, 0.15) is 0 Å². The highest BCUT2D eigenvalue weighted by Gasteiger charge is 2.42. The first-order valence-corrected chi connectivity index (χ1v) is 21.4. The van der Waals surface area contributed by atoms with Gasteiger partial charge in [0.05, 0.1) is 11.0 Å². The van der Waals surface area contributed by atoms with Gasteiger partial charge in [0.1, 0.15) is 0 Å². The van der Waals surface area contributed by atoms with Crippen LogP contribution in [-0.4, -0.2) is 27.6 Å². The predicted octanol–water partition coefficient (Wildman–Crippen LogP) is 10.0. The summed E-state index contributed by atoms with van der Waals surface area (Å²) in [6.45, 7) is 0. The molecule has 0 aliphatic heterocycles. The zero-order chi connectivity index (χ0) is 38.2. The second-order valence-corrected chi connectivity index (χ2v) is 18.3. The van der Waals surface area contributed by atoms with Crippen molar-refractivity contribution in [2.45, 2.75) is 0 Å². The average molecular weight is 767 g/mol. The van der Waals surface area contributed by atoms with E-state index < -0.39 is 8.07 Å². The van der Waals surface area contributed by atoms with E-state index in [0.717, 1.165) is 27.4 Å². The molecule has 0 fully saturated rings. The van der Waals surface area contributed by atoms with Gasteiger partial charge in [-0.25, -0.2) is 0 Å². The summed E-state index contributed by atoms with van der Waals surface area (Å²) in [5.41, 5.74) is 7.59. The molecule has 57 heavy (non-hydrogen) atoms. The molecule has 0 N–H and O–H groups in total. The normalized spacial score (nSPS) is 11.6. The number of hydrogen-bond acceptors (Lipinski definition) is 3. The quantitative estimate of drug-likeness (QED) is 0.114. The van der Waals surface area contributed by atoms with Crippen LogP contribution in [0.4, 0.5) is 0 Å². The summed E-state index contributed by atoms with van der Waals surface area (Å²) in [6, 6.07) is 76.0. The fourth-order valence-electron chi connectivity index (χ4n) is 8.41. The summed E-state index contributed by atoms with van der Waals surface area (Å²) in [4.78, 5) is 14.6. The van der Waals surface area contributed by atoms with Crippen molar-refractivity contribution >= 4 is 62.2 Å². The zero-order valence-corrected chi connectivity index (χ0v) is 32.6. The molecule has 6 heteroatoms. The number of halogens is 1. The van der Waals surface area contributed by atoms with Crippen LogP contribution in [0.5, 0.6) is 0 Å². The Morgan fingerprint density at radius 2 is 0.754 bits per heavy atom. The highest BCUT2D eigenvalue weighted by molar-refractivity contribution is 7.20. The summed E-state index contributed by atoms with van der Waals surface area (Å²) in [6.07, 6.45) is 0. The van der Waals surface area contributed by atoms with Crippen molar-refractivity contribution in [1.82, 2.24) is 19.5 Å². The van der Waals surface area contributed by atoms with Gasteiger partial charge in [-0.1, -0.05) is 200 Å². The van der Waals surface area contributed by atoms with Crippen molar-refractivity contribution < 1.29 is 0 Å². The number of nitrogens with zero attached hydrogens (tertiary/aromatic N) is 4. The van der Waals surface area contributed by atoms with Crippen molar-refractivity contribution in [3.63, 3.8) is 0 Å². The Kier molecular flexibility index (Phi) is 8.87. The van der Waals surface area contributed by atoms with Gasteiger partial charge in [0, 0.05) is 16.3 Å². The third-order valence-corrected chi connectivity index (χ3v) is 15.8. The van der Waals surface area contributed by atoms with Gasteiger partial charge in [-0.2, -0.15) is 15.0 Å². The fraction of sp³-hybridized carbons (Fsp3) is 0. The standard InChI is InChI=1S/C51H35ClN4Si/c52-50-53-49(54-51(55-50)56-47-31-12-10-29-45(47)46-30-11-13-32-48(46)56)40-23-16-28-44(35-40)57(41-24-8-3-9-25-41,42-26-14-21-38(33-42)36-17-4-1-5-18-36)43-27-15-22-39(34-43)37-19-6-2-7-20-37/h1-35H. The van der Waals surface area contributed by atoms with Crippen LogP contribution in [0.25, 0.3) is 61.4 Å². The van der Waals surface area contributed by atoms with Crippen LogP contribution < -0.4 is 20.7 Å². The van der Waals surface area contributed by atoms with Gasteiger partial charge in [0.15, 0.2) is 13.9 Å². The molecule has 0 amide bonds. The van der Waals surface area contributed by atoms with Gasteiger partial charge in [-0.15, -0.1) is 0 Å². The Hall–Kier alpha value is -6.92. The second kappa shape index (κ2) is 14.6. The topological polar surface area (TPSA) is 43.6 Å². The number of aromatic nitrogens is 4. The SMILES string of the molecule is Clc1nc(-c2cccc([Si](c3ccccc3)(c3cccc(-c4ccccc4)c3)c3cccc(-c4ccccc4)c3)c2)nc(-n2c3ccccc3c3ccccc32)n1. The van der Waals surface area contributed by atoms with Gasteiger partial charge in [0.2, 0.25) is 11.2 Å². The Morgan fingerprint density at radius 3 is 1.28 bits per heavy atom. The van der Waals surface area contributed by atoms with Crippen LogP contribution in [0.2, 0.25) is 5.28 Å². The lowest BCUT2D eigenvalue weighted by atomic mass is 10.1. The third-order valence-electron chi connectivity index (χ3n) is 10.9. The van der Waals surface area contributed by atoms with E-state index in [1.165, 1.54) is 43.0 Å². The molecule has 0 atom stereocenters. The minimum atomic E-state index is -3.05. The summed E-state index contributed by atoms with van der Waals surface area (Å²) in [5, 5.41) is 7.42. The van der Waals surface area contributed by atoms with Gasteiger partial charge >= 0.3 is 0 Å². The minimum Gasteiger partial charge on any atom is -0.278 e. The molecular weight excluding hydrogens is 732 g/mol. The molecule has 0 aliphatic rings. The molecule has 0 aliphatic carbocycles. The Labute approximate surface area is 337 Å². The Morgan fingerprint density at radius 1 is 0.351 bits per heavy atom. The maximum absolute atomic E-state index is 6.82. The number of hydrogen-bond donors (Lipinski definition) is 0. The van der Waals surface area contributed by atoms with E-state index in [4.69, 9.17) is 26.6 Å². The van der Waals surface area contributed by atoms with Crippen LogP contribution in [0.3, 0.4) is 0 Å². The van der Waals surface area contributed by atoms with Crippen LogP contribution in [-0.2, 0) is 0 Å². The van der Waals surface area contributed by atoms with E-state index in [9.17, 15) is 0 Å². The first-order chi connectivity index (χ1) is 28.2. The van der Waals surface area contributed by atoms with E-state index in [2.05, 4.69) is 205 Å². The molecule has 270 valence electrons. The smallest absolute Gasteiger partial charge is 0.239 e. The van der Waals surface area contributed by atoms with Crippen LogP contribution in [0.15, 0.2) is 212 Å². The highest BCUT2D eigenvalue weighted by Crippen LogP contribution is 2.32. The molecule has 2 aromatic heterocycles. The maximum Gasteiger partial charge on any atom is 0.239 e. The van der Waals surface area contributed by atoms with E-state index >= 15 is 0 Å². The predicted molar refractivity (Wildman–Crippen MR) is 239 cm³/mol. The lowest BCUT2D eigenvalue weighted by molar-refractivity contribution is 0.947. The summed E-state index contributed by atoms with van der Waals surface area (Å²) in [5.74, 6) is 0.992. The van der Waals surface area contributed by atoms with Crippen molar-refractivity contribution in [3.05, 3.63) is 218 Å². The van der Waals surface area contributed by atoms with Crippen molar-refractivity contribution in [3.8, 4) is 39.6 Å². The Balaban J connectivity index is 1.23. The highest BCUT2D eigenvalue weighted by atomic mass is 35.5. The van der Waals surface area contributed by atoms with Crippen molar-refractivity contribution in [2.75, 3.05) is 0 Å². The molecule has 8 aromatic carbocycles. The molecule has 10 rings (SSSR count). The molecule has 0 saturated carbocycles. The minimum absolute atomic E-state index is 0.139. The van der Waals surface area contributed by atoms with Gasteiger partial charge in [-0.05, 0) is 66.7 Å². The molecule has 2 heterocycles. The lowest BCUT2D eigenvalue weighted by Gasteiger charge is -2.35. The zero-order valence-electron chi connectivity index (χ0n) is 30.9. The van der Waals surface area contributed by atoms with E-state index in [1.54, 1.807) is 0 Å². The largest absolute Gasteiger partial charge is 0.278 e. The number of fused-ring (bicyclic) bond motifs is 3. The number of para-hydroxylation sites is 2. The lowest BCUT2D eigenvalue weighted by Crippen LogP contribution is -2.74.